The van der Waals surface area contributed by atoms with Gasteiger partial charge in [0.15, 0.2) is 0 Å². The van der Waals surface area contributed by atoms with E-state index in [1.807, 2.05) is 53.9 Å². The molecule has 0 bridgehead atoms. The van der Waals surface area contributed by atoms with Gasteiger partial charge < -0.3 is 5.32 Å². The molecule has 0 fully saturated rings. The number of benzene rings is 1. The topological polar surface area (TPSA) is 79.8 Å². The Morgan fingerprint density at radius 2 is 1.96 bits per heavy atom. The van der Waals surface area contributed by atoms with E-state index in [4.69, 9.17) is 0 Å². The summed E-state index contributed by atoms with van der Waals surface area (Å²) in [5.74, 6) is -0.605. The van der Waals surface area contributed by atoms with Gasteiger partial charge in [-0.05, 0) is 36.6 Å². The van der Waals surface area contributed by atoms with Gasteiger partial charge in [0.1, 0.15) is 17.3 Å². The van der Waals surface area contributed by atoms with Crippen LogP contribution < -0.4 is 10.9 Å². The summed E-state index contributed by atoms with van der Waals surface area (Å²) in [6.07, 6.45) is 1.51. The van der Waals surface area contributed by atoms with Crippen LogP contribution in [-0.2, 0) is 11.8 Å². The Morgan fingerprint density at radius 1 is 1.23 bits per heavy atom. The van der Waals surface area contributed by atoms with E-state index in [2.05, 4.69) is 5.32 Å². The second-order valence-corrected chi connectivity index (χ2v) is 6.56. The van der Waals surface area contributed by atoms with Gasteiger partial charge in [-0.15, -0.1) is 11.3 Å². The molecule has 1 amide bonds. The lowest BCUT2D eigenvalue weighted by molar-refractivity contribution is -0.112. The zero-order valence-electron chi connectivity index (χ0n) is 14.3. The van der Waals surface area contributed by atoms with Crippen LogP contribution in [0.25, 0.3) is 11.8 Å². The van der Waals surface area contributed by atoms with E-state index in [-0.39, 0.29) is 16.8 Å². The molecule has 0 radical (unpaired) electrons. The first kappa shape index (κ1) is 17.5. The number of amides is 1. The molecule has 1 aromatic carbocycles. The monoisotopic (exact) mass is 364 g/mol. The normalized spacial score (nSPS) is 11.2. The molecule has 0 atom stereocenters. The maximum Gasteiger partial charge on any atom is 0.295 e. The van der Waals surface area contributed by atoms with Gasteiger partial charge >= 0.3 is 0 Å². The summed E-state index contributed by atoms with van der Waals surface area (Å²) in [7, 11) is 1.74. The molecule has 0 spiro atoms. The van der Waals surface area contributed by atoms with Crippen LogP contribution in [0.15, 0.2) is 58.2 Å². The van der Waals surface area contributed by atoms with Gasteiger partial charge in [0.05, 0.1) is 11.4 Å². The van der Waals surface area contributed by atoms with Crippen molar-refractivity contribution < 1.29 is 4.79 Å². The number of nitriles is 1. The largest absolute Gasteiger partial charge is 0.315 e. The molecule has 0 unspecified atom stereocenters. The number of nitrogens with one attached hydrogen (secondary N) is 1. The Hall–Kier alpha value is -3.37. The molecule has 3 rings (SSSR count). The molecule has 0 aliphatic rings. The standard InChI is InChI=1S/C19H16N4O2S/c1-13-17(19(25)23(22(13)2)15-7-4-3-5-8-15)21-18(24)14(12-20)11-16-9-6-10-26-16/h3-11H,1-2H3,(H,21,24)/b14-11+. The zero-order valence-corrected chi connectivity index (χ0v) is 15.1. The van der Waals surface area contributed by atoms with Crippen molar-refractivity contribution in [2.24, 2.45) is 7.05 Å². The molecule has 2 aromatic heterocycles. The average Bonchev–Trinajstić information content (AvgIpc) is 3.23. The molecule has 1 N–H and O–H groups in total. The van der Waals surface area contributed by atoms with E-state index in [0.717, 1.165) is 4.88 Å². The number of carbonyl (C=O) groups is 1. The van der Waals surface area contributed by atoms with E-state index in [1.165, 1.54) is 22.1 Å². The Labute approximate surface area is 154 Å². The highest BCUT2D eigenvalue weighted by Gasteiger charge is 2.19. The van der Waals surface area contributed by atoms with E-state index in [9.17, 15) is 14.9 Å². The maximum absolute atomic E-state index is 12.8. The summed E-state index contributed by atoms with van der Waals surface area (Å²) in [5, 5.41) is 13.7. The summed E-state index contributed by atoms with van der Waals surface area (Å²) in [4.78, 5) is 26.1. The van der Waals surface area contributed by atoms with E-state index in [0.29, 0.717) is 11.4 Å². The van der Waals surface area contributed by atoms with Gasteiger partial charge in [0, 0.05) is 11.9 Å². The molecular formula is C19H16N4O2S. The van der Waals surface area contributed by atoms with E-state index >= 15 is 0 Å². The molecule has 130 valence electrons. The van der Waals surface area contributed by atoms with Crippen molar-refractivity contribution in [1.29, 1.82) is 5.26 Å². The summed E-state index contributed by atoms with van der Waals surface area (Å²) in [6, 6.07) is 14.7. The van der Waals surface area contributed by atoms with Crippen molar-refractivity contribution in [3.63, 3.8) is 0 Å². The second-order valence-electron chi connectivity index (χ2n) is 5.58. The molecule has 7 heteroatoms. The molecule has 0 saturated carbocycles. The van der Waals surface area contributed by atoms with E-state index in [1.54, 1.807) is 18.7 Å². The minimum Gasteiger partial charge on any atom is -0.315 e. The second kappa shape index (κ2) is 7.25. The molecule has 26 heavy (non-hydrogen) atoms. The van der Waals surface area contributed by atoms with Gasteiger partial charge in [-0.2, -0.15) is 5.26 Å². The molecule has 0 aliphatic carbocycles. The van der Waals surface area contributed by atoms with Crippen LogP contribution in [0.3, 0.4) is 0 Å². The highest BCUT2D eigenvalue weighted by molar-refractivity contribution is 7.10. The van der Waals surface area contributed by atoms with Crippen molar-refractivity contribution in [2.45, 2.75) is 6.92 Å². The maximum atomic E-state index is 12.8. The number of nitrogens with zero attached hydrogens (tertiary/aromatic N) is 3. The molecule has 6 nitrogen and oxygen atoms in total. The van der Waals surface area contributed by atoms with Gasteiger partial charge in [0.2, 0.25) is 0 Å². The van der Waals surface area contributed by atoms with Crippen molar-refractivity contribution in [1.82, 2.24) is 9.36 Å². The first-order chi connectivity index (χ1) is 12.5. The van der Waals surface area contributed by atoms with Gasteiger partial charge in [-0.1, -0.05) is 24.3 Å². The lowest BCUT2D eigenvalue weighted by Gasteiger charge is -2.07. The summed E-state index contributed by atoms with van der Waals surface area (Å²) in [6.45, 7) is 1.74. The smallest absolute Gasteiger partial charge is 0.295 e. The molecule has 2 heterocycles. The van der Waals surface area contributed by atoms with Crippen LogP contribution >= 0.6 is 11.3 Å². The summed E-state index contributed by atoms with van der Waals surface area (Å²) < 4.78 is 3.14. The van der Waals surface area contributed by atoms with Gasteiger partial charge in [-0.25, -0.2) is 4.68 Å². The SMILES string of the molecule is Cc1c(NC(=O)/C(C#N)=C/c2cccs2)c(=O)n(-c2ccccc2)n1C. The Morgan fingerprint density at radius 3 is 2.58 bits per heavy atom. The minimum atomic E-state index is -0.605. The fraction of sp³-hybridized carbons (Fsp3) is 0.105. The Kier molecular flexibility index (Phi) is 4.87. The molecule has 0 saturated heterocycles. The van der Waals surface area contributed by atoms with Crippen LogP contribution in [0.1, 0.15) is 10.6 Å². The van der Waals surface area contributed by atoms with Crippen LogP contribution in [0, 0.1) is 18.3 Å². The highest BCUT2D eigenvalue weighted by atomic mass is 32.1. The number of rotatable bonds is 4. The summed E-state index contributed by atoms with van der Waals surface area (Å²) >= 11 is 1.42. The van der Waals surface area contributed by atoms with Crippen LogP contribution in [0.4, 0.5) is 5.69 Å². The zero-order chi connectivity index (χ0) is 18.7. The third-order valence-corrected chi connectivity index (χ3v) is 4.81. The Balaban J connectivity index is 1.97. The average molecular weight is 364 g/mol. The number of hydrogen-bond donors (Lipinski definition) is 1. The minimum absolute atomic E-state index is 0.0543. The predicted octanol–water partition coefficient (Wildman–Crippen LogP) is 3.09. The third kappa shape index (κ3) is 3.23. The van der Waals surface area contributed by atoms with Crippen LogP contribution in [-0.4, -0.2) is 15.3 Å². The first-order valence-corrected chi connectivity index (χ1v) is 8.71. The fourth-order valence-corrected chi connectivity index (χ4v) is 3.21. The predicted molar refractivity (Wildman–Crippen MR) is 102 cm³/mol. The van der Waals surface area contributed by atoms with Crippen molar-refractivity contribution in [3.8, 4) is 11.8 Å². The number of thiophene rings is 1. The highest BCUT2D eigenvalue weighted by Crippen LogP contribution is 2.17. The number of para-hydroxylation sites is 1. The molecule has 3 aromatic rings. The Bertz CT molecular complexity index is 1070. The number of hydrogen-bond acceptors (Lipinski definition) is 4. The van der Waals surface area contributed by atoms with Crippen LogP contribution in [0.2, 0.25) is 0 Å². The van der Waals surface area contributed by atoms with Gasteiger partial charge in [-0.3, -0.25) is 14.3 Å². The fourth-order valence-electron chi connectivity index (χ4n) is 2.56. The number of aromatic nitrogens is 2. The first-order valence-electron chi connectivity index (χ1n) is 7.83. The van der Waals surface area contributed by atoms with Crippen molar-refractivity contribution >= 4 is 29.0 Å². The summed E-state index contributed by atoms with van der Waals surface area (Å²) in [5.41, 5.74) is 1.05. The van der Waals surface area contributed by atoms with E-state index < -0.39 is 5.91 Å². The number of carbonyl (C=O) groups excluding carboxylic acids is 1. The van der Waals surface area contributed by atoms with Gasteiger partial charge in [0.25, 0.3) is 11.5 Å². The lowest BCUT2D eigenvalue weighted by atomic mass is 10.2. The quantitative estimate of drug-likeness (QED) is 0.571. The van der Waals surface area contributed by atoms with Crippen molar-refractivity contribution in [3.05, 3.63) is 74.3 Å². The third-order valence-electron chi connectivity index (χ3n) is 3.99. The number of anilines is 1. The lowest BCUT2D eigenvalue weighted by Crippen LogP contribution is -2.23. The molecular weight excluding hydrogens is 348 g/mol. The van der Waals surface area contributed by atoms with Crippen LogP contribution in [0.5, 0.6) is 0 Å². The van der Waals surface area contributed by atoms with Crippen molar-refractivity contribution in [2.75, 3.05) is 5.32 Å². The molecule has 0 aliphatic heterocycles.